The van der Waals surface area contributed by atoms with Crippen molar-refractivity contribution in [3.8, 4) is 0 Å². The summed E-state index contributed by atoms with van der Waals surface area (Å²) in [6.07, 6.45) is 2.72. The van der Waals surface area contributed by atoms with Gasteiger partial charge in [0.15, 0.2) is 0 Å². The van der Waals surface area contributed by atoms with Crippen LogP contribution in [0.25, 0.3) is 11.0 Å². The molecule has 122 valence electrons. The fraction of sp³-hybridized carbons (Fsp3) is 0.526. The zero-order valence-electron chi connectivity index (χ0n) is 13.5. The van der Waals surface area contributed by atoms with Gasteiger partial charge in [0.25, 0.3) is 0 Å². The van der Waals surface area contributed by atoms with E-state index in [2.05, 4.69) is 17.9 Å². The number of fused-ring (bicyclic) bond motifs is 2. The molecule has 0 radical (unpaired) electrons. The molecule has 1 saturated heterocycles. The lowest BCUT2D eigenvalue weighted by atomic mass is 10.0. The molecule has 4 rings (SSSR count). The Morgan fingerprint density at radius 1 is 1.22 bits per heavy atom. The molecule has 3 atom stereocenters. The third kappa shape index (κ3) is 2.81. The first-order chi connectivity index (χ1) is 11.1. The fourth-order valence-electron chi connectivity index (χ4n) is 4.36. The van der Waals surface area contributed by atoms with Gasteiger partial charge in [-0.25, -0.2) is 4.79 Å². The monoisotopic (exact) mass is 313 g/mol. The van der Waals surface area contributed by atoms with Gasteiger partial charge in [0.1, 0.15) is 5.58 Å². The minimum absolute atomic E-state index is 0.108. The predicted octanol–water partition coefficient (Wildman–Crippen LogP) is 2.56. The molecule has 0 amide bonds. The van der Waals surface area contributed by atoms with Crippen molar-refractivity contribution in [2.45, 2.75) is 38.8 Å². The van der Waals surface area contributed by atoms with Crippen LogP contribution in [0, 0.1) is 11.8 Å². The zero-order valence-corrected chi connectivity index (χ0v) is 13.5. The van der Waals surface area contributed by atoms with Crippen LogP contribution in [-0.2, 0) is 13.0 Å². The van der Waals surface area contributed by atoms with E-state index in [-0.39, 0.29) is 11.7 Å². The molecular formula is C19H23NO3. The molecular weight excluding hydrogens is 290 g/mol. The van der Waals surface area contributed by atoms with Gasteiger partial charge in [0.05, 0.1) is 6.10 Å². The SMILES string of the molecule is CCc1ccc2oc(=O)cc(CN3C[C@H]4CC(O)C[C@H]4C3)c2c1. The van der Waals surface area contributed by atoms with Crippen LogP contribution in [0.3, 0.4) is 0 Å². The van der Waals surface area contributed by atoms with Gasteiger partial charge in [-0.3, -0.25) is 4.90 Å². The van der Waals surface area contributed by atoms with E-state index in [1.165, 1.54) is 5.56 Å². The van der Waals surface area contributed by atoms with Gasteiger partial charge in [0, 0.05) is 31.1 Å². The Hall–Kier alpha value is -1.65. The zero-order chi connectivity index (χ0) is 16.0. The maximum absolute atomic E-state index is 11.9. The van der Waals surface area contributed by atoms with Crippen molar-refractivity contribution in [1.82, 2.24) is 4.90 Å². The molecule has 1 aliphatic carbocycles. The molecule has 1 aromatic carbocycles. The van der Waals surface area contributed by atoms with E-state index in [0.717, 1.165) is 49.8 Å². The second-order valence-electron chi connectivity index (χ2n) is 7.11. The van der Waals surface area contributed by atoms with Crippen LogP contribution in [0.15, 0.2) is 33.5 Å². The van der Waals surface area contributed by atoms with Crippen molar-refractivity contribution < 1.29 is 9.52 Å². The molecule has 0 spiro atoms. The highest BCUT2D eigenvalue weighted by Gasteiger charge is 2.40. The van der Waals surface area contributed by atoms with E-state index in [4.69, 9.17) is 4.42 Å². The number of hydrogen-bond acceptors (Lipinski definition) is 4. The fourth-order valence-corrected chi connectivity index (χ4v) is 4.36. The number of benzene rings is 1. The first-order valence-corrected chi connectivity index (χ1v) is 8.58. The smallest absolute Gasteiger partial charge is 0.336 e. The number of aryl methyl sites for hydroxylation is 1. The second kappa shape index (κ2) is 5.77. The first kappa shape index (κ1) is 14.9. The summed E-state index contributed by atoms with van der Waals surface area (Å²) in [5, 5.41) is 10.8. The van der Waals surface area contributed by atoms with E-state index in [1.54, 1.807) is 6.07 Å². The first-order valence-electron chi connectivity index (χ1n) is 8.58. The molecule has 1 aromatic heterocycles. The van der Waals surface area contributed by atoms with Crippen LogP contribution < -0.4 is 5.63 Å². The van der Waals surface area contributed by atoms with Crippen molar-refractivity contribution in [1.29, 1.82) is 0 Å². The summed E-state index contributed by atoms with van der Waals surface area (Å²) >= 11 is 0. The van der Waals surface area contributed by atoms with Crippen molar-refractivity contribution in [2.75, 3.05) is 13.1 Å². The third-order valence-electron chi connectivity index (χ3n) is 5.50. The van der Waals surface area contributed by atoms with Gasteiger partial charge in [-0.05, 0) is 54.4 Å². The van der Waals surface area contributed by atoms with Crippen LogP contribution in [0.2, 0.25) is 0 Å². The summed E-state index contributed by atoms with van der Waals surface area (Å²) < 4.78 is 5.35. The summed E-state index contributed by atoms with van der Waals surface area (Å²) in [6, 6.07) is 7.73. The second-order valence-corrected chi connectivity index (χ2v) is 7.11. The van der Waals surface area contributed by atoms with Crippen LogP contribution >= 0.6 is 0 Å². The Kier molecular flexibility index (Phi) is 3.74. The minimum Gasteiger partial charge on any atom is -0.423 e. The maximum atomic E-state index is 11.9. The van der Waals surface area contributed by atoms with Gasteiger partial charge in [-0.15, -0.1) is 0 Å². The normalized spacial score (nSPS) is 27.7. The van der Waals surface area contributed by atoms with E-state index in [0.29, 0.717) is 17.4 Å². The molecule has 2 aliphatic rings. The summed E-state index contributed by atoms with van der Waals surface area (Å²) in [5.41, 5.74) is 2.73. The van der Waals surface area contributed by atoms with Crippen molar-refractivity contribution in [2.24, 2.45) is 11.8 Å². The Bertz CT molecular complexity index is 768. The Labute approximate surface area is 135 Å². The molecule has 2 fully saturated rings. The maximum Gasteiger partial charge on any atom is 0.336 e. The van der Waals surface area contributed by atoms with Crippen molar-refractivity contribution in [3.63, 3.8) is 0 Å². The van der Waals surface area contributed by atoms with Gasteiger partial charge in [-0.1, -0.05) is 13.0 Å². The average molecular weight is 313 g/mol. The highest BCUT2D eigenvalue weighted by Crippen LogP contribution is 2.38. The van der Waals surface area contributed by atoms with Crippen LogP contribution in [0.4, 0.5) is 0 Å². The largest absolute Gasteiger partial charge is 0.423 e. The Balaban J connectivity index is 1.62. The summed E-state index contributed by atoms with van der Waals surface area (Å²) in [7, 11) is 0. The highest BCUT2D eigenvalue weighted by atomic mass is 16.4. The number of aliphatic hydroxyl groups excluding tert-OH is 1. The Morgan fingerprint density at radius 2 is 1.96 bits per heavy atom. The number of hydrogen-bond donors (Lipinski definition) is 1. The van der Waals surface area contributed by atoms with E-state index >= 15 is 0 Å². The minimum atomic E-state index is -0.272. The van der Waals surface area contributed by atoms with E-state index in [1.807, 2.05) is 12.1 Å². The molecule has 1 N–H and O–H groups in total. The molecule has 2 aromatic rings. The molecule has 1 aliphatic heterocycles. The molecule has 0 bridgehead atoms. The van der Waals surface area contributed by atoms with Crippen LogP contribution in [-0.4, -0.2) is 29.2 Å². The van der Waals surface area contributed by atoms with E-state index in [9.17, 15) is 9.90 Å². The van der Waals surface area contributed by atoms with Crippen molar-refractivity contribution >= 4 is 11.0 Å². The molecule has 23 heavy (non-hydrogen) atoms. The average Bonchev–Trinajstić information content (AvgIpc) is 3.03. The molecule has 1 saturated carbocycles. The lowest BCUT2D eigenvalue weighted by Crippen LogP contribution is -2.23. The highest BCUT2D eigenvalue weighted by molar-refractivity contribution is 5.80. The van der Waals surface area contributed by atoms with Crippen LogP contribution in [0.5, 0.6) is 0 Å². The van der Waals surface area contributed by atoms with Gasteiger partial charge >= 0.3 is 5.63 Å². The molecule has 2 heterocycles. The van der Waals surface area contributed by atoms with Crippen LogP contribution in [0.1, 0.15) is 30.9 Å². The number of likely N-dealkylation sites (tertiary alicyclic amines) is 1. The van der Waals surface area contributed by atoms with Gasteiger partial charge in [0.2, 0.25) is 0 Å². The topological polar surface area (TPSA) is 53.7 Å². The standard InChI is InChI=1S/C19H23NO3/c1-2-12-3-4-18-17(5-12)15(8-19(22)23-18)11-20-9-13-6-16(21)7-14(13)10-20/h3-5,8,13-14,16,21H,2,6-7,9-11H2,1H3/t13-,14+,16?. The number of nitrogens with zero attached hydrogens (tertiary/aromatic N) is 1. The molecule has 4 nitrogen and oxygen atoms in total. The molecule has 1 unspecified atom stereocenters. The van der Waals surface area contributed by atoms with Gasteiger partial charge < -0.3 is 9.52 Å². The third-order valence-corrected chi connectivity index (χ3v) is 5.50. The quantitative estimate of drug-likeness (QED) is 0.885. The van der Waals surface area contributed by atoms with Crippen molar-refractivity contribution in [3.05, 3.63) is 45.8 Å². The lowest BCUT2D eigenvalue weighted by molar-refractivity contribution is 0.161. The Morgan fingerprint density at radius 3 is 2.65 bits per heavy atom. The van der Waals surface area contributed by atoms with Gasteiger partial charge in [-0.2, -0.15) is 0 Å². The number of rotatable bonds is 3. The van der Waals surface area contributed by atoms with E-state index < -0.39 is 0 Å². The number of aliphatic hydroxyl groups is 1. The lowest BCUT2D eigenvalue weighted by Gasteiger charge is -2.18. The summed E-state index contributed by atoms with van der Waals surface area (Å²) in [5.74, 6) is 1.23. The summed E-state index contributed by atoms with van der Waals surface area (Å²) in [6.45, 7) is 4.97. The molecule has 4 heteroatoms. The predicted molar refractivity (Wildman–Crippen MR) is 89.4 cm³/mol. The summed E-state index contributed by atoms with van der Waals surface area (Å²) in [4.78, 5) is 14.3.